The van der Waals surface area contributed by atoms with Crippen molar-refractivity contribution in [3.05, 3.63) is 35.9 Å². The van der Waals surface area contributed by atoms with Crippen molar-refractivity contribution in [3.8, 4) is 0 Å². The van der Waals surface area contributed by atoms with Crippen molar-refractivity contribution >= 4 is 11.8 Å². The molecule has 0 aromatic heterocycles. The highest BCUT2D eigenvalue weighted by atomic mass is 16.2. The van der Waals surface area contributed by atoms with Gasteiger partial charge < -0.3 is 0 Å². The molecule has 1 saturated heterocycles. The van der Waals surface area contributed by atoms with Gasteiger partial charge in [-0.05, 0) is 25.0 Å². The second-order valence-electron chi connectivity index (χ2n) is 4.03. The molecule has 0 atom stereocenters. The lowest BCUT2D eigenvalue weighted by molar-refractivity contribution is -0.128. The summed E-state index contributed by atoms with van der Waals surface area (Å²) < 4.78 is 0. The summed E-state index contributed by atoms with van der Waals surface area (Å²) in [6.07, 6.45) is 3.35. The fourth-order valence-electron chi connectivity index (χ4n) is 1.93. The Morgan fingerprint density at radius 1 is 1.06 bits per heavy atom. The summed E-state index contributed by atoms with van der Waals surface area (Å²) in [6.45, 7) is 0.562. The Balaban J connectivity index is 2.17. The van der Waals surface area contributed by atoms with Gasteiger partial charge in [-0.15, -0.1) is 0 Å². The zero-order valence-corrected chi connectivity index (χ0v) is 9.19. The molecule has 1 aliphatic heterocycles. The van der Waals surface area contributed by atoms with E-state index in [-0.39, 0.29) is 11.8 Å². The first-order chi connectivity index (χ1) is 7.79. The van der Waals surface area contributed by atoms with E-state index in [1.165, 1.54) is 4.90 Å². The standard InChI is InChI=1S/C13H15NO2/c15-12-9-5-2-6-10-14(12)13(16)11-7-3-1-4-8-11/h1,3-4,7-8H,2,5-6,9-10H2. The molecule has 0 radical (unpaired) electrons. The Bertz CT molecular complexity index is 386. The van der Waals surface area contributed by atoms with E-state index in [0.717, 1.165) is 19.3 Å². The predicted molar refractivity (Wildman–Crippen MR) is 61.0 cm³/mol. The molecule has 2 rings (SSSR count). The normalized spacial score (nSPS) is 17.0. The summed E-state index contributed by atoms with van der Waals surface area (Å²) in [4.78, 5) is 25.2. The number of hydrogen-bond donors (Lipinski definition) is 0. The van der Waals surface area contributed by atoms with Crippen LogP contribution in [0.1, 0.15) is 36.0 Å². The minimum atomic E-state index is -0.160. The fraction of sp³-hybridized carbons (Fsp3) is 0.385. The molecule has 0 unspecified atom stereocenters. The number of likely N-dealkylation sites (tertiary alicyclic amines) is 1. The van der Waals surface area contributed by atoms with Crippen LogP contribution in [-0.2, 0) is 4.79 Å². The number of hydrogen-bond acceptors (Lipinski definition) is 2. The molecule has 0 bridgehead atoms. The number of amides is 2. The van der Waals surface area contributed by atoms with Crippen LogP contribution in [0, 0.1) is 0 Å². The zero-order chi connectivity index (χ0) is 11.4. The summed E-state index contributed by atoms with van der Waals surface area (Å²) in [6, 6.07) is 8.99. The first-order valence-corrected chi connectivity index (χ1v) is 5.69. The molecule has 1 aromatic rings. The number of rotatable bonds is 1. The van der Waals surface area contributed by atoms with E-state index < -0.39 is 0 Å². The molecule has 0 saturated carbocycles. The minimum Gasteiger partial charge on any atom is -0.279 e. The van der Waals surface area contributed by atoms with Crippen LogP contribution in [0.2, 0.25) is 0 Å². The Hall–Kier alpha value is -1.64. The molecule has 1 aliphatic rings. The van der Waals surface area contributed by atoms with Crippen molar-refractivity contribution < 1.29 is 9.59 Å². The van der Waals surface area contributed by atoms with Gasteiger partial charge in [0.15, 0.2) is 0 Å². The molecule has 84 valence electrons. The highest BCUT2D eigenvalue weighted by Crippen LogP contribution is 2.14. The van der Waals surface area contributed by atoms with Crippen LogP contribution in [0.5, 0.6) is 0 Å². The van der Waals surface area contributed by atoms with E-state index in [2.05, 4.69) is 0 Å². The Kier molecular flexibility index (Phi) is 3.34. The molecule has 0 N–H and O–H groups in total. The van der Waals surface area contributed by atoms with Gasteiger partial charge >= 0.3 is 0 Å². The summed E-state index contributed by atoms with van der Waals surface area (Å²) >= 11 is 0. The number of carbonyl (C=O) groups excluding carboxylic acids is 2. The largest absolute Gasteiger partial charge is 0.279 e. The molecule has 1 heterocycles. The first-order valence-electron chi connectivity index (χ1n) is 5.69. The third kappa shape index (κ3) is 2.30. The van der Waals surface area contributed by atoms with Crippen LogP contribution < -0.4 is 0 Å². The topological polar surface area (TPSA) is 37.4 Å². The van der Waals surface area contributed by atoms with Crippen LogP contribution in [0.4, 0.5) is 0 Å². The van der Waals surface area contributed by atoms with Gasteiger partial charge in [-0.3, -0.25) is 14.5 Å². The molecule has 0 aliphatic carbocycles. The van der Waals surface area contributed by atoms with Gasteiger partial charge in [0, 0.05) is 18.5 Å². The van der Waals surface area contributed by atoms with E-state index in [9.17, 15) is 9.59 Å². The smallest absolute Gasteiger partial charge is 0.260 e. The van der Waals surface area contributed by atoms with E-state index in [1.54, 1.807) is 12.1 Å². The van der Waals surface area contributed by atoms with Gasteiger partial charge in [0.1, 0.15) is 0 Å². The summed E-state index contributed by atoms with van der Waals surface area (Å²) in [5.41, 5.74) is 0.595. The summed E-state index contributed by atoms with van der Waals surface area (Å²) in [5.74, 6) is -0.196. The average Bonchev–Trinajstić information content (AvgIpc) is 2.54. The molecule has 3 nitrogen and oxygen atoms in total. The van der Waals surface area contributed by atoms with Crippen LogP contribution in [0.15, 0.2) is 30.3 Å². The van der Waals surface area contributed by atoms with E-state index in [4.69, 9.17) is 0 Å². The SMILES string of the molecule is O=C1CCCCCN1C(=O)c1ccccc1. The van der Waals surface area contributed by atoms with Crippen molar-refractivity contribution in [1.29, 1.82) is 0 Å². The molecular weight excluding hydrogens is 202 g/mol. The Morgan fingerprint density at radius 3 is 2.56 bits per heavy atom. The third-order valence-electron chi connectivity index (χ3n) is 2.84. The first kappa shape index (κ1) is 10.9. The summed E-state index contributed by atoms with van der Waals surface area (Å²) in [7, 11) is 0. The lowest BCUT2D eigenvalue weighted by Crippen LogP contribution is -2.36. The Morgan fingerprint density at radius 2 is 1.81 bits per heavy atom. The van der Waals surface area contributed by atoms with Crippen molar-refractivity contribution in [3.63, 3.8) is 0 Å². The van der Waals surface area contributed by atoms with E-state index in [0.29, 0.717) is 18.5 Å². The minimum absolute atomic E-state index is 0.0358. The van der Waals surface area contributed by atoms with Crippen LogP contribution in [-0.4, -0.2) is 23.3 Å². The molecule has 16 heavy (non-hydrogen) atoms. The highest BCUT2D eigenvalue weighted by molar-refractivity contribution is 6.04. The monoisotopic (exact) mass is 217 g/mol. The van der Waals surface area contributed by atoms with Crippen molar-refractivity contribution in [1.82, 2.24) is 4.90 Å². The maximum atomic E-state index is 12.1. The maximum absolute atomic E-state index is 12.1. The second-order valence-corrected chi connectivity index (χ2v) is 4.03. The Labute approximate surface area is 95.1 Å². The zero-order valence-electron chi connectivity index (χ0n) is 9.19. The molecule has 1 fully saturated rings. The highest BCUT2D eigenvalue weighted by Gasteiger charge is 2.23. The fourth-order valence-corrected chi connectivity index (χ4v) is 1.93. The van der Waals surface area contributed by atoms with Crippen molar-refractivity contribution in [2.75, 3.05) is 6.54 Å². The molecule has 1 aromatic carbocycles. The lowest BCUT2D eigenvalue weighted by atomic mass is 10.2. The number of carbonyl (C=O) groups is 2. The molecule has 2 amide bonds. The van der Waals surface area contributed by atoms with Crippen LogP contribution in [0.25, 0.3) is 0 Å². The number of imide groups is 1. The number of nitrogens with zero attached hydrogens (tertiary/aromatic N) is 1. The quantitative estimate of drug-likeness (QED) is 0.676. The van der Waals surface area contributed by atoms with Gasteiger partial charge in [0.25, 0.3) is 5.91 Å². The van der Waals surface area contributed by atoms with Gasteiger partial charge in [0.05, 0.1) is 0 Å². The predicted octanol–water partition coefficient (Wildman–Crippen LogP) is 2.23. The van der Waals surface area contributed by atoms with Gasteiger partial charge in [-0.25, -0.2) is 0 Å². The lowest BCUT2D eigenvalue weighted by Gasteiger charge is -2.18. The van der Waals surface area contributed by atoms with Crippen LogP contribution >= 0.6 is 0 Å². The number of benzene rings is 1. The third-order valence-corrected chi connectivity index (χ3v) is 2.84. The van der Waals surface area contributed by atoms with Crippen LogP contribution in [0.3, 0.4) is 0 Å². The van der Waals surface area contributed by atoms with E-state index in [1.807, 2.05) is 18.2 Å². The van der Waals surface area contributed by atoms with E-state index >= 15 is 0 Å². The maximum Gasteiger partial charge on any atom is 0.260 e. The second kappa shape index (κ2) is 4.92. The summed E-state index contributed by atoms with van der Waals surface area (Å²) in [5, 5.41) is 0. The molecular formula is C13H15NO2. The van der Waals surface area contributed by atoms with Gasteiger partial charge in [-0.1, -0.05) is 24.6 Å². The van der Waals surface area contributed by atoms with Crippen molar-refractivity contribution in [2.45, 2.75) is 25.7 Å². The van der Waals surface area contributed by atoms with Crippen molar-refractivity contribution in [2.24, 2.45) is 0 Å². The molecule has 3 heteroatoms. The average molecular weight is 217 g/mol. The van der Waals surface area contributed by atoms with Gasteiger partial charge in [0.2, 0.25) is 5.91 Å². The molecule has 0 spiro atoms. The van der Waals surface area contributed by atoms with Gasteiger partial charge in [-0.2, -0.15) is 0 Å².